The molecule has 2 amide bonds. The van der Waals surface area contributed by atoms with Gasteiger partial charge in [0, 0.05) is 31.4 Å². The van der Waals surface area contributed by atoms with Gasteiger partial charge >= 0.3 is 0 Å². The molecule has 0 saturated heterocycles. The minimum atomic E-state index is -0.118. The maximum absolute atomic E-state index is 12.1. The molecule has 106 valence electrons. The van der Waals surface area contributed by atoms with Crippen molar-refractivity contribution in [3.05, 3.63) is 15.6 Å². The number of aromatic nitrogens is 1. The first-order valence-electron chi connectivity index (χ1n) is 6.24. The number of hydrogen-bond acceptors (Lipinski definition) is 4. The van der Waals surface area contributed by atoms with Gasteiger partial charge in [-0.3, -0.25) is 9.59 Å². The first kappa shape index (κ1) is 15.6. The third kappa shape index (κ3) is 4.31. The van der Waals surface area contributed by atoms with Crippen LogP contribution in [0.1, 0.15) is 28.9 Å². The summed E-state index contributed by atoms with van der Waals surface area (Å²) in [6.07, 6.45) is 0.610. The van der Waals surface area contributed by atoms with E-state index < -0.39 is 0 Å². The number of nitrogens with one attached hydrogen (secondary N) is 1. The van der Waals surface area contributed by atoms with Crippen molar-refractivity contribution in [1.82, 2.24) is 15.2 Å². The second kappa shape index (κ2) is 6.65. The molecule has 0 aliphatic carbocycles. The van der Waals surface area contributed by atoms with E-state index in [1.54, 1.807) is 30.3 Å². The highest BCUT2D eigenvalue weighted by Gasteiger charge is 2.20. The molecule has 0 fully saturated rings. The first-order valence-corrected chi connectivity index (χ1v) is 7.06. The van der Waals surface area contributed by atoms with E-state index >= 15 is 0 Å². The Morgan fingerprint density at radius 3 is 2.53 bits per heavy atom. The van der Waals surface area contributed by atoms with Crippen LogP contribution in [-0.2, 0) is 16.0 Å². The van der Waals surface area contributed by atoms with Crippen LogP contribution in [0.5, 0.6) is 0 Å². The quantitative estimate of drug-likeness (QED) is 0.885. The number of carbonyl (C=O) groups is 2. The molecule has 1 heterocycles. The van der Waals surface area contributed by atoms with Gasteiger partial charge in [-0.05, 0) is 20.8 Å². The number of hydrogen-bond donors (Lipinski definition) is 1. The molecule has 1 N–H and O–H groups in total. The van der Waals surface area contributed by atoms with E-state index in [0.717, 1.165) is 15.6 Å². The zero-order valence-electron chi connectivity index (χ0n) is 12.1. The van der Waals surface area contributed by atoms with Crippen molar-refractivity contribution < 1.29 is 9.59 Å². The monoisotopic (exact) mass is 283 g/mol. The largest absolute Gasteiger partial charge is 0.359 e. The van der Waals surface area contributed by atoms with Crippen molar-refractivity contribution in [2.45, 2.75) is 39.7 Å². The molecule has 6 heteroatoms. The highest BCUT2D eigenvalue weighted by molar-refractivity contribution is 7.11. The summed E-state index contributed by atoms with van der Waals surface area (Å²) in [5, 5.41) is 3.54. The van der Waals surface area contributed by atoms with Crippen molar-refractivity contribution in [3.63, 3.8) is 0 Å². The number of nitrogens with zero attached hydrogens (tertiary/aromatic N) is 2. The zero-order valence-corrected chi connectivity index (χ0v) is 12.9. The fourth-order valence-electron chi connectivity index (χ4n) is 1.76. The van der Waals surface area contributed by atoms with Crippen LogP contribution in [0.15, 0.2) is 0 Å². The normalized spacial score (nSPS) is 12.1. The Morgan fingerprint density at radius 1 is 1.42 bits per heavy atom. The number of likely N-dealkylation sites (N-methyl/N-ethyl adjacent to an activating group) is 1. The highest BCUT2D eigenvalue weighted by Crippen LogP contribution is 2.17. The van der Waals surface area contributed by atoms with E-state index in [1.807, 2.05) is 20.8 Å². The fourth-order valence-corrected chi connectivity index (χ4v) is 2.59. The summed E-state index contributed by atoms with van der Waals surface area (Å²) in [5.74, 6) is -0.0716. The van der Waals surface area contributed by atoms with E-state index in [1.165, 1.54) is 0 Å². The first-order chi connectivity index (χ1) is 8.85. The Labute approximate surface area is 118 Å². The molecule has 0 aromatic carbocycles. The van der Waals surface area contributed by atoms with Crippen molar-refractivity contribution in [2.75, 3.05) is 14.1 Å². The molecule has 1 aromatic heterocycles. The van der Waals surface area contributed by atoms with Gasteiger partial charge in [0.2, 0.25) is 11.8 Å². The smallest absolute Gasteiger partial charge is 0.228 e. The predicted molar refractivity (Wildman–Crippen MR) is 76.2 cm³/mol. The summed E-state index contributed by atoms with van der Waals surface area (Å²) in [7, 11) is 3.32. The summed E-state index contributed by atoms with van der Waals surface area (Å²) >= 11 is 1.60. The zero-order chi connectivity index (χ0) is 14.6. The number of carbonyl (C=O) groups excluding carboxylic acids is 2. The van der Waals surface area contributed by atoms with Crippen LogP contribution in [0.4, 0.5) is 0 Å². The second-order valence-corrected chi connectivity index (χ2v) is 6.05. The highest BCUT2D eigenvalue weighted by atomic mass is 32.1. The molecule has 0 aliphatic heterocycles. The predicted octanol–water partition coefficient (Wildman–Crippen LogP) is 1.29. The number of amides is 2. The van der Waals surface area contributed by atoms with Crippen molar-refractivity contribution >= 4 is 23.2 Å². The Hall–Kier alpha value is -1.43. The van der Waals surface area contributed by atoms with Crippen LogP contribution < -0.4 is 5.32 Å². The minimum absolute atomic E-state index is 0.00944. The van der Waals surface area contributed by atoms with Crippen molar-refractivity contribution in [3.8, 4) is 0 Å². The molecular weight excluding hydrogens is 262 g/mol. The Morgan fingerprint density at radius 2 is 2.05 bits per heavy atom. The summed E-state index contributed by atoms with van der Waals surface area (Å²) in [5.41, 5.74) is 0.839. The Balaban J connectivity index is 2.62. The Kier molecular flexibility index (Phi) is 5.47. The van der Waals surface area contributed by atoms with Gasteiger partial charge in [-0.1, -0.05) is 0 Å². The fraction of sp³-hybridized carbons (Fsp3) is 0.615. The summed E-state index contributed by atoms with van der Waals surface area (Å²) in [4.78, 5) is 30.5. The minimum Gasteiger partial charge on any atom is -0.359 e. The summed E-state index contributed by atoms with van der Waals surface area (Å²) < 4.78 is 0. The van der Waals surface area contributed by atoms with Crippen LogP contribution in [0.2, 0.25) is 0 Å². The lowest BCUT2D eigenvalue weighted by Crippen LogP contribution is -2.39. The number of rotatable bonds is 5. The molecule has 1 aromatic rings. The van der Waals surface area contributed by atoms with Crippen LogP contribution in [0, 0.1) is 13.8 Å². The van der Waals surface area contributed by atoms with E-state index in [-0.39, 0.29) is 17.9 Å². The molecule has 19 heavy (non-hydrogen) atoms. The Bertz CT molecular complexity index is 470. The van der Waals surface area contributed by atoms with Gasteiger partial charge in [-0.15, -0.1) is 11.3 Å². The summed E-state index contributed by atoms with van der Waals surface area (Å²) in [6, 6.07) is -0.118. The number of thiazole rings is 1. The summed E-state index contributed by atoms with van der Waals surface area (Å²) in [6.45, 7) is 5.77. The van der Waals surface area contributed by atoms with Gasteiger partial charge < -0.3 is 10.2 Å². The third-order valence-electron chi connectivity index (χ3n) is 3.13. The third-order valence-corrected chi connectivity index (χ3v) is 4.06. The SMILES string of the molecule is CNC(=O)CC(C)N(C)C(=O)Cc1nc(C)sc1C. The van der Waals surface area contributed by atoms with Crippen LogP contribution in [0.3, 0.4) is 0 Å². The molecule has 1 atom stereocenters. The molecule has 0 radical (unpaired) electrons. The van der Waals surface area contributed by atoms with Crippen molar-refractivity contribution in [2.24, 2.45) is 0 Å². The topological polar surface area (TPSA) is 62.3 Å². The van der Waals surface area contributed by atoms with Crippen molar-refractivity contribution in [1.29, 1.82) is 0 Å². The van der Waals surface area contributed by atoms with Gasteiger partial charge in [0.25, 0.3) is 0 Å². The molecule has 0 saturated carbocycles. The van der Waals surface area contributed by atoms with E-state index in [2.05, 4.69) is 10.3 Å². The molecule has 5 nitrogen and oxygen atoms in total. The number of aryl methyl sites for hydroxylation is 2. The molecule has 0 aliphatic rings. The maximum atomic E-state index is 12.1. The van der Waals surface area contributed by atoms with Gasteiger partial charge in [-0.25, -0.2) is 4.98 Å². The molecule has 0 bridgehead atoms. The second-order valence-electron chi connectivity index (χ2n) is 4.64. The van der Waals surface area contributed by atoms with Crippen LogP contribution in [0.25, 0.3) is 0 Å². The molecular formula is C13H21N3O2S. The van der Waals surface area contributed by atoms with Gasteiger partial charge in [0.05, 0.1) is 17.1 Å². The van der Waals surface area contributed by atoms with E-state index in [4.69, 9.17) is 0 Å². The van der Waals surface area contributed by atoms with Gasteiger partial charge in [0.15, 0.2) is 0 Å². The maximum Gasteiger partial charge on any atom is 0.228 e. The van der Waals surface area contributed by atoms with Crippen LogP contribution in [-0.4, -0.2) is 41.8 Å². The molecule has 0 spiro atoms. The standard InChI is InChI=1S/C13H21N3O2S/c1-8(6-12(17)14-4)16(5)13(18)7-11-9(2)19-10(3)15-11/h8H,6-7H2,1-5H3,(H,14,17). The molecule has 1 unspecified atom stereocenters. The lowest BCUT2D eigenvalue weighted by Gasteiger charge is -2.24. The van der Waals surface area contributed by atoms with Gasteiger partial charge in [0.1, 0.15) is 0 Å². The molecule has 1 rings (SSSR count). The van der Waals surface area contributed by atoms with E-state index in [9.17, 15) is 9.59 Å². The lowest BCUT2D eigenvalue weighted by atomic mass is 10.1. The lowest BCUT2D eigenvalue weighted by molar-refractivity contribution is -0.132. The van der Waals surface area contributed by atoms with E-state index in [0.29, 0.717) is 12.8 Å². The average molecular weight is 283 g/mol. The van der Waals surface area contributed by atoms with Gasteiger partial charge in [-0.2, -0.15) is 0 Å². The van der Waals surface area contributed by atoms with Crippen LogP contribution >= 0.6 is 11.3 Å². The average Bonchev–Trinajstić information content (AvgIpc) is 2.66.